The van der Waals surface area contributed by atoms with Crippen LogP contribution in [0.4, 0.5) is 0 Å². The molecule has 0 aliphatic rings. The first kappa shape index (κ1) is 31.8. The van der Waals surface area contributed by atoms with Gasteiger partial charge in [0.1, 0.15) is 6.07 Å². The smallest absolute Gasteiger partial charge is 0.164 e. The van der Waals surface area contributed by atoms with Crippen LogP contribution < -0.4 is 0 Å². The second-order valence-corrected chi connectivity index (χ2v) is 13.4. The highest BCUT2D eigenvalue weighted by atomic mass is 15.0. The van der Waals surface area contributed by atoms with Crippen LogP contribution in [0.3, 0.4) is 0 Å². The molecule has 0 saturated heterocycles. The van der Waals surface area contributed by atoms with Crippen LogP contribution in [-0.4, -0.2) is 19.5 Å². The molecular weight excluding hydrogens is 647 g/mol. The van der Waals surface area contributed by atoms with Crippen LogP contribution in [0.5, 0.6) is 0 Å². The van der Waals surface area contributed by atoms with Crippen LogP contribution in [0.2, 0.25) is 0 Å². The number of nitriles is 1. The molecule has 0 fully saturated rings. The van der Waals surface area contributed by atoms with Crippen LogP contribution in [0.15, 0.2) is 164 Å². The predicted octanol–water partition coefficient (Wildman–Crippen LogP) is 11.8. The Morgan fingerprint density at radius 1 is 0.415 bits per heavy atom. The largest absolute Gasteiger partial charge is 0.308 e. The van der Waals surface area contributed by atoms with E-state index in [2.05, 4.69) is 109 Å². The molecule has 0 N–H and O–H groups in total. The standard InChI is InChI=1S/C48H33N5/c1-31-11-9-17-35(25-31)37-21-23-43-41(27-37)42-28-38(36-18-10-12-32(2)26-36)22-24-44(42)53(43)45-29-39(19-20-40(45)30-49)48-51-46(33-13-5-3-6-14-33)50-47(52-48)34-15-7-4-8-16-34/h3-29H,1-2H3. The zero-order valence-electron chi connectivity index (χ0n) is 29.3. The average Bonchev–Trinajstić information content (AvgIpc) is 3.54. The Morgan fingerprint density at radius 2 is 0.849 bits per heavy atom. The van der Waals surface area contributed by atoms with Crippen LogP contribution in [0, 0.1) is 25.2 Å². The molecule has 7 aromatic carbocycles. The van der Waals surface area contributed by atoms with Gasteiger partial charge in [-0.15, -0.1) is 0 Å². The van der Waals surface area contributed by atoms with Gasteiger partial charge in [-0.25, -0.2) is 15.0 Å². The average molecular weight is 680 g/mol. The van der Waals surface area contributed by atoms with Crippen molar-refractivity contribution < 1.29 is 0 Å². The van der Waals surface area contributed by atoms with Gasteiger partial charge in [-0.1, -0.05) is 132 Å². The van der Waals surface area contributed by atoms with Crippen LogP contribution >= 0.6 is 0 Å². The zero-order valence-corrected chi connectivity index (χ0v) is 29.3. The lowest BCUT2D eigenvalue weighted by molar-refractivity contribution is 1.07. The van der Waals surface area contributed by atoms with Gasteiger partial charge >= 0.3 is 0 Å². The third-order valence-corrected chi connectivity index (χ3v) is 9.78. The Balaban J connectivity index is 1.28. The number of nitrogens with zero attached hydrogens (tertiary/aromatic N) is 5. The molecular formula is C48H33N5. The fraction of sp³-hybridized carbons (Fsp3) is 0.0417. The number of rotatable bonds is 6. The van der Waals surface area contributed by atoms with E-state index in [4.69, 9.17) is 15.0 Å². The lowest BCUT2D eigenvalue weighted by atomic mass is 9.99. The summed E-state index contributed by atoms with van der Waals surface area (Å²) in [7, 11) is 0. The minimum absolute atomic E-state index is 0.535. The molecule has 0 saturated carbocycles. The lowest BCUT2D eigenvalue weighted by Gasteiger charge is -2.13. The van der Waals surface area contributed by atoms with Gasteiger partial charge in [-0.3, -0.25) is 0 Å². The van der Waals surface area contributed by atoms with Gasteiger partial charge < -0.3 is 4.57 Å². The summed E-state index contributed by atoms with van der Waals surface area (Å²) in [4.78, 5) is 14.9. The number of benzene rings is 7. The van der Waals surface area contributed by atoms with Crippen LogP contribution in [0.25, 0.3) is 83.9 Å². The molecule has 9 aromatic rings. The predicted molar refractivity (Wildman–Crippen MR) is 216 cm³/mol. The van der Waals surface area contributed by atoms with E-state index in [1.54, 1.807) is 0 Å². The van der Waals surface area contributed by atoms with Gasteiger partial charge in [0.05, 0.1) is 22.3 Å². The maximum absolute atomic E-state index is 10.5. The number of hydrogen-bond acceptors (Lipinski definition) is 4. The molecule has 0 aliphatic heterocycles. The van der Waals surface area contributed by atoms with E-state index in [1.165, 1.54) is 22.3 Å². The third-order valence-electron chi connectivity index (χ3n) is 9.78. The van der Waals surface area contributed by atoms with Crippen LogP contribution in [-0.2, 0) is 0 Å². The van der Waals surface area contributed by atoms with E-state index in [-0.39, 0.29) is 0 Å². The maximum Gasteiger partial charge on any atom is 0.164 e. The molecule has 0 aliphatic carbocycles. The monoisotopic (exact) mass is 679 g/mol. The third kappa shape index (κ3) is 5.93. The SMILES string of the molecule is Cc1cccc(-c2ccc3c(c2)c2cc(-c4cccc(C)c4)ccc2n3-c2cc(-c3nc(-c4ccccc4)nc(-c4ccccc4)n3)ccc2C#N)c1. The van der Waals surface area contributed by atoms with Crippen molar-refractivity contribution in [3.05, 3.63) is 180 Å². The molecule has 53 heavy (non-hydrogen) atoms. The highest BCUT2D eigenvalue weighted by Crippen LogP contribution is 2.39. The molecule has 2 aromatic heterocycles. The van der Waals surface area contributed by atoms with Gasteiger partial charge in [0.2, 0.25) is 0 Å². The Morgan fingerprint density at radius 3 is 1.32 bits per heavy atom. The van der Waals surface area contributed by atoms with Crippen molar-refractivity contribution in [2.24, 2.45) is 0 Å². The Hall–Kier alpha value is -7.16. The van der Waals surface area contributed by atoms with E-state index < -0.39 is 0 Å². The van der Waals surface area contributed by atoms with E-state index >= 15 is 0 Å². The topological polar surface area (TPSA) is 67.4 Å². The van der Waals surface area contributed by atoms with Crippen LogP contribution in [0.1, 0.15) is 16.7 Å². The molecule has 5 heteroatoms. The summed E-state index contributed by atoms with van der Waals surface area (Å²) in [5.41, 5.74) is 13.0. The molecule has 5 nitrogen and oxygen atoms in total. The van der Waals surface area contributed by atoms with Gasteiger partial charge in [-0.05, 0) is 78.6 Å². The summed E-state index contributed by atoms with van der Waals surface area (Å²) in [6, 6.07) is 58.7. The highest BCUT2D eigenvalue weighted by molar-refractivity contribution is 6.12. The number of fused-ring (bicyclic) bond motifs is 3. The van der Waals surface area contributed by atoms with Gasteiger partial charge in [0, 0.05) is 27.5 Å². The van der Waals surface area contributed by atoms with Crippen molar-refractivity contribution in [2.45, 2.75) is 13.8 Å². The van der Waals surface area contributed by atoms with E-state index in [9.17, 15) is 5.26 Å². The first-order valence-corrected chi connectivity index (χ1v) is 17.7. The van der Waals surface area contributed by atoms with Crippen molar-refractivity contribution in [1.29, 1.82) is 5.26 Å². The molecule has 0 radical (unpaired) electrons. The summed E-state index contributed by atoms with van der Waals surface area (Å²) in [6.45, 7) is 4.24. The molecule has 250 valence electrons. The van der Waals surface area contributed by atoms with E-state index in [1.807, 2.05) is 78.9 Å². The molecule has 0 bridgehead atoms. The molecule has 0 unspecified atom stereocenters. The summed E-state index contributed by atoms with van der Waals surface area (Å²) in [5, 5.41) is 12.8. The number of aryl methyl sites for hydroxylation is 2. The maximum atomic E-state index is 10.5. The number of aromatic nitrogens is 4. The van der Waals surface area contributed by atoms with Crippen molar-refractivity contribution in [1.82, 2.24) is 19.5 Å². The summed E-state index contributed by atoms with van der Waals surface area (Å²) >= 11 is 0. The summed E-state index contributed by atoms with van der Waals surface area (Å²) in [6.07, 6.45) is 0. The fourth-order valence-electron chi connectivity index (χ4n) is 7.18. The molecule has 0 atom stereocenters. The quantitative estimate of drug-likeness (QED) is 0.175. The van der Waals surface area contributed by atoms with Gasteiger partial charge in [-0.2, -0.15) is 5.26 Å². The minimum atomic E-state index is 0.535. The molecule has 0 amide bonds. The van der Waals surface area contributed by atoms with E-state index in [0.717, 1.165) is 55.3 Å². The van der Waals surface area contributed by atoms with Gasteiger partial charge in [0.25, 0.3) is 0 Å². The van der Waals surface area contributed by atoms with Crippen molar-refractivity contribution in [3.8, 4) is 68.2 Å². The highest BCUT2D eigenvalue weighted by Gasteiger charge is 2.19. The molecule has 0 spiro atoms. The first-order chi connectivity index (χ1) is 26.0. The zero-order chi connectivity index (χ0) is 35.9. The lowest BCUT2D eigenvalue weighted by Crippen LogP contribution is -2.02. The second-order valence-electron chi connectivity index (χ2n) is 13.4. The second kappa shape index (κ2) is 13.2. The first-order valence-electron chi connectivity index (χ1n) is 17.7. The van der Waals surface area contributed by atoms with Crippen molar-refractivity contribution in [2.75, 3.05) is 0 Å². The Bertz CT molecular complexity index is 2700. The molecule has 9 rings (SSSR count). The fourth-order valence-corrected chi connectivity index (χ4v) is 7.18. The Kier molecular flexibility index (Phi) is 7.91. The molecule has 2 heterocycles. The normalized spacial score (nSPS) is 11.2. The van der Waals surface area contributed by atoms with Crippen molar-refractivity contribution >= 4 is 21.8 Å². The van der Waals surface area contributed by atoms with Gasteiger partial charge in [0.15, 0.2) is 17.5 Å². The summed E-state index contributed by atoms with van der Waals surface area (Å²) < 4.78 is 2.21. The van der Waals surface area contributed by atoms with E-state index in [0.29, 0.717) is 23.0 Å². The minimum Gasteiger partial charge on any atom is -0.308 e. The Labute approximate surface area is 308 Å². The number of hydrogen-bond donors (Lipinski definition) is 0. The summed E-state index contributed by atoms with van der Waals surface area (Å²) in [5.74, 6) is 1.71. The van der Waals surface area contributed by atoms with Crippen molar-refractivity contribution in [3.63, 3.8) is 0 Å².